The van der Waals surface area contributed by atoms with Crippen LogP contribution in [0.3, 0.4) is 0 Å². The van der Waals surface area contributed by atoms with Gasteiger partial charge in [-0.1, -0.05) is 24.3 Å². The van der Waals surface area contributed by atoms with Gasteiger partial charge in [0.1, 0.15) is 5.69 Å². The molecule has 0 bridgehead atoms. The average Bonchev–Trinajstić information content (AvgIpc) is 2.71. The first-order valence-electron chi connectivity index (χ1n) is 9.26. The van der Waals surface area contributed by atoms with Gasteiger partial charge in [-0.05, 0) is 18.5 Å². The molecule has 2 N–H and O–H groups in total. The van der Waals surface area contributed by atoms with E-state index in [0.717, 1.165) is 37.0 Å². The van der Waals surface area contributed by atoms with E-state index in [1.165, 1.54) is 6.07 Å². The molecule has 144 valence electrons. The van der Waals surface area contributed by atoms with Gasteiger partial charge in [-0.2, -0.15) is 0 Å². The van der Waals surface area contributed by atoms with E-state index in [0.29, 0.717) is 17.3 Å². The number of piperazine rings is 1. The fraction of sp³-hybridized carbons (Fsp3) is 0.300. The van der Waals surface area contributed by atoms with Gasteiger partial charge in [0.15, 0.2) is 0 Å². The molecular weight excluding hydrogens is 356 g/mol. The minimum atomic E-state index is -0.292. The second-order valence-electron chi connectivity index (χ2n) is 6.91. The average molecular weight is 378 g/mol. The van der Waals surface area contributed by atoms with Gasteiger partial charge in [0, 0.05) is 43.8 Å². The molecule has 0 unspecified atom stereocenters. The van der Waals surface area contributed by atoms with Crippen LogP contribution < -0.4 is 15.8 Å². The van der Waals surface area contributed by atoms with E-state index in [-0.39, 0.29) is 18.0 Å². The molecule has 1 aromatic carbocycles. The maximum absolute atomic E-state index is 12.6. The fourth-order valence-electron chi connectivity index (χ4n) is 3.31. The van der Waals surface area contributed by atoms with E-state index >= 15 is 0 Å². The first kappa shape index (κ1) is 18.1. The summed E-state index contributed by atoms with van der Waals surface area (Å²) in [5.41, 5.74) is 0.657. The summed E-state index contributed by atoms with van der Waals surface area (Å²) in [7, 11) is 2.07. The zero-order valence-corrected chi connectivity index (χ0v) is 15.7. The van der Waals surface area contributed by atoms with Crippen molar-refractivity contribution in [3.63, 3.8) is 0 Å². The highest BCUT2D eigenvalue weighted by atomic mass is 16.2. The van der Waals surface area contributed by atoms with Crippen molar-refractivity contribution >= 4 is 22.6 Å². The van der Waals surface area contributed by atoms with Crippen LogP contribution >= 0.6 is 0 Å². The first-order chi connectivity index (χ1) is 13.6. The number of hydrogen-bond acceptors (Lipinski definition) is 6. The minimum Gasteiger partial charge on any atom is -0.345 e. The lowest BCUT2D eigenvalue weighted by Gasteiger charge is -2.32. The molecule has 4 rings (SSSR count). The molecular formula is C20H22N6O2. The maximum atomic E-state index is 12.6. The zero-order chi connectivity index (χ0) is 19.5. The van der Waals surface area contributed by atoms with Crippen LogP contribution in [0.5, 0.6) is 0 Å². The van der Waals surface area contributed by atoms with Gasteiger partial charge in [0.2, 0.25) is 5.95 Å². The number of pyridine rings is 1. The summed E-state index contributed by atoms with van der Waals surface area (Å²) in [5, 5.41) is 4.57. The molecule has 0 atom stereocenters. The van der Waals surface area contributed by atoms with Crippen molar-refractivity contribution in [1.82, 2.24) is 25.2 Å². The fourth-order valence-corrected chi connectivity index (χ4v) is 3.31. The van der Waals surface area contributed by atoms with Gasteiger partial charge >= 0.3 is 0 Å². The van der Waals surface area contributed by atoms with Gasteiger partial charge in [-0.3, -0.25) is 19.6 Å². The van der Waals surface area contributed by atoms with Crippen LogP contribution in [0, 0.1) is 0 Å². The van der Waals surface area contributed by atoms with Crippen LogP contribution in [0.2, 0.25) is 0 Å². The number of fused-ring (bicyclic) bond motifs is 1. The normalized spacial score (nSPS) is 15.0. The molecule has 8 nitrogen and oxygen atoms in total. The molecule has 0 aliphatic carbocycles. The number of rotatable bonds is 4. The Morgan fingerprint density at radius 2 is 1.96 bits per heavy atom. The Labute approximate surface area is 162 Å². The lowest BCUT2D eigenvalue weighted by molar-refractivity contribution is 0.0947. The van der Waals surface area contributed by atoms with Crippen molar-refractivity contribution in [2.24, 2.45) is 0 Å². The van der Waals surface area contributed by atoms with E-state index in [1.807, 2.05) is 30.3 Å². The molecule has 2 aromatic heterocycles. The standard InChI is InChI=1S/C20H22N6O2/c1-25-8-10-26(11-9-25)20-23-15(12-17(27)24-20)13-22-19(28)18-16-5-3-2-4-14(16)6-7-21-18/h2-7,12H,8-11,13H2,1H3,(H,22,28)(H,23,24,27). The molecule has 0 spiro atoms. The third kappa shape index (κ3) is 3.86. The number of carbonyl (C=O) groups excluding carboxylic acids is 1. The van der Waals surface area contributed by atoms with Gasteiger partial charge < -0.3 is 15.1 Å². The number of hydrogen-bond donors (Lipinski definition) is 2. The quantitative estimate of drug-likeness (QED) is 0.703. The molecule has 1 aliphatic rings. The number of likely N-dealkylation sites (N-methyl/N-ethyl adjacent to an activating group) is 1. The Kier molecular flexibility index (Phi) is 5.03. The lowest BCUT2D eigenvalue weighted by Crippen LogP contribution is -2.45. The van der Waals surface area contributed by atoms with Crippen molar-refractivity contribution in [3.8, 4) is 0 Å². The summed E-state index contributed by atoms with van der Waals surface area (Å²) in [6.07, 6.45) is 1.62. The number of benzene rings is 1. The number of nitrogens with one attached hydrogen (secondary N) is 2. The Bertz CT molecular complexity index is 1050. The van der Waals surface area contributed by atoms with Gasteiger partial charge in [0.05, 0.1) is 12.2 Å². The largest absolute Gasteiger partial charge is 0.345 e. The third-order valence-corrected chi connectivity index (χ3v) is 4.90. The van der Waals surface area contributed by atoms with Crippen LogP contribution in [0.1, 0.15) is 16.2 Å². The molecule has 1 saturated heterocycles. The molecule has 8 heteroatoms. The molecule has 3 heterocycles. The Balaban J connectivity index is 1.50. The van der Waals surface area contributed by atoms with Gasteiger partial charge in [-0.15, -0.1) is 0 Å². The molecule has 1 fully saturated rings. The highest BCUT2D eigenvalue weighted by Crippen LogP contribution is 2.16. The molecule has 0 saturated carbocycles. The SMILES string of the molecule is CN1CCN(c2nc(CNC(=O)c3nccc4ccccc34)cc(=O)[nH]2)CC1. The third-order valence-electron chi connectivity index (χ3n) is 4.90. The Hall–Kier alpha value is -3.26. The van der Waals surface area contributed by atoms with Crippen molar-refractivity contribution in [1.29, 1.82) is 0 Å². The summed E-state index contributed by atoms with van der Waals surface area (Å²) in [4.78, 5) is 40.5. The predicted molar refractivity (Wildman–Crippen MR) is 107 cm³/mol. The summed E-state index contributed by atoms with van der Waals surface area (Å²) >= 11 is 0. The minimum absolute atomic E-state index is 0.161. The van der Waals surface area contributed by atoms with E-state index in [1.54, 1.807) is 6.20 Å². The maximum Gasteiger partial charge on any atom is 0.270 e. The second kappa shape index (κ2) is 7.77. The van der Waals surface area contributed by atoms with Crippen LogP contribution in [0.15, 0.2) is 47.4 Å². The molecule has 1 amide bonds. The van der Waals surface area contributed by atoms with Gasteiger partial charge in [-0.25, -0.2) is 4.98 Å². The summed E-state index contributed by atoms with van der Waals surface area (Å²) in [6.45, 7) is 3.59. The number of aromatic amines is 1. The predicted octanol–water partition coefficient (Wildman–Crippen LogP) is 1.000. The van der Waals surface area contributed by atoms with Crippen molar-refractivity contribution in [2.75, 3.05) is 38.1 Å². The number of H-pyrrole nitrogens is 1. The number of aromatic nitrogens is 3. The van der Waals surface area contributed by atoms with Crippen molar-refractivity contribution < 1.29 is 4.79 Å². The van der Waals surface area contributed by atoms with Crippen LogP contribution in [-0.2, 0) is 6.54 Å². The highest BCUT2D eigenvalue weighted by molar-refractivity contribution is 6.05. The van der Waals surface area contributed by atoms with E-state index in [9.17, 15) is 9.59 Å². The monoisotopic (exact) mass is 378 g/mol. The summed E-state index contributed by atoms with van der Waals surface area (Å²) in [6, 6.07) is 10.9. The molecule has 3 aromatic rings. The smallest absolute Gasteiger partial charge is 0.270 e. The topological polar surface area (TPSA) is 94.2 Å². The second-order valence-corrected chi connectivity index (χ2v) is 6.91. The lowest BCUT2D eigenvalue weighted by atomic mass is 10.1. The Morgan fingerprint density at radius 1 is 1.18 bits per heavy atom. The molecule has 0 radical (unpaired) electrons. The summed E-state index contributed by atoms with van der Waals surface area (Å²) < 4.78 is 0. The van der Waals surface area contributed by atoms with Crippen LogP contribution in [0.25, 0.3) is 10.8 Å². The molecule has 28 heavy (non-hydrogen) atoms. The number of nitrogens with zero attached hydrogens (tertiary/aromatic N) is 4. The van der Waals surface area contributed by atoms with E-state index < -0.39 is 0 Å². The van der Waals surface area contributed by atoms with Crippen LogP contribution in [-0.4, -0.2) is 59.0 Å². The molecule has 1 aliphatic heterocycles. The number of carbonyl (C=O) groups is 1. The van der Waals surface area contributed by atoms with Crippen molar-refractivity contribution in [3.05, 3.63) is 64.3 Å². The Morgan fingerprint density at radius 3 is 2.79 bits per heavy atom. The van der Waals surface area contributed by atoms with Crippen molar-refractivity contribution in [2.45, 2.75) is 6.54 Å². The number of anilines is 1. The number of amides is 1. The highest BCUT2D eigenvalue weighted by Gasteiger charge is 2.17. The van der Waals surface area contributed by atoms with E-state index in [4.69, 9.17) is 0 Å². The zero-order valence-electron chi connectivity index (χ0n) is 15.7. The van der Waals surface area contributed by atoms with Crippen LogP contribution in [0.4, 0.5) is 5.95 Å². The first-order valence-corrected chi connectivity index (χ1v) is 9.26. The summed E-state index contributed by atoms with van der Waals surface area (Å²) in [5.74, 6) is 0.258. The van der Waals surface area contributed by atoms with E-state index in [2.05, 4.69) is 37.1 Å². The van der Waals surface area contributed by atoms with Gasteiger partial charge in [0.25, 0.3) is 11.5 Å².